The van der Waals surface area contributed by atoms with Crippen LogP contribution < -0.4 is 0 Å². The molecule has 0 aromatic carbocycles. The molecule has 19 heavy (non-hydrogen) atoms. The second-order valence-electron chi connectivity index (χ2n) is 4.08. The zero-order valence-corrected chi connectivity index (χ0v) is 10.2. The zero-order valence-electron chi connectivity index (χ0n) is 10.2. The monoisotopic (exact) mass is 279 g/mol. The van der Waals surface area contributed by atoms with Gasteiger partial charge in [0, 0.05) is 13.6 Å². The number of nitrogens with one attached hydrogen (secondary N) is 1. The number of carboxylic acid groups (broad SMARTS) is 1. The van der Waals surface area contributed by atoms with E-state index in [4.69, 9.17) is 5.11 Å². The Labute approximate surface area is 106 Å². The van der Waals surface area contributed by atoms with E-state index in [1.54, 1.807) is 0 Å². The zero-order chi connectivity index (χ0) is 14.8. The fourth-order valence-corrected chi connectivity index (χ4v) is 1.43. The predicted octanol–water partition coefficient (Wildman–Crippen LogP) is 1.22. The second-order valence-corrected chi connectivity index (χ2v) is 4.08. The summed E-state index contributed by atoms with van der Waals surface area (Å²) in [7, 11) is 1.22. The smallest absolute Gasteiger partial charge is 0.420 e. The van der Waals surface area contributed by atoms with Gasteiger partial charge in [-0.3, -0.25) is 14.7 Å². The van der Waals surface area contributed by atoms with Crippen molar-refractivity contribution in [2.24, 2.45) is 5.92 Å². The highest BCUT2D eigenvalue weighted by molar-refractivity contribution is 5.93. The van der Waals surface area contributed by atoms with Crippen LogP contribution >= 0.6 is 0 Å². The van der Waals surface area contributed by atoms with Crippen LogP contribution in [-0.2, 0) is 11.0 Å². The maximum absolute atomic E-state index is 12.6. The van der Waals surface area contributed by atoms with E-state index in [1.807, 2.05) is 5.10 Å². The van der Waals surface area contributed by atoms with Gasteiger partial charge in [-0.1, -0.05) is 6.92 Å². The SMILES string of the molecule is CC(CN(C)C(=O)c1[nH]ncc1C(F)(F)F)C(=O)O. The summed E-state index contributed by atoms with van der Waals surface area (Å²) in [4.78, 5) is 23.3. The number of H-pyrrole nitrogens is 1. The number of nitrogens with zero attached hydrogens (tertiary/aromatic N) is 2. The summed E-state index contributed by atoms with van der Waals surface area (Å²) in [6.07, 6.45) is -4.18. The number of carbonyl (C=O) groups is 2. The second kappa shape index (κ2) is 5.29. The largest absolute Gasteiger partial charge is 0.481 e. The first-order chi connectivity index (χ1) is 8.64. The Hall–Kier alpha value is -2.06. The number of carbonyl (C=O) groups excluding carboxylic acids is 1. The molecule has 0 fully saturated rings. The van der Waals surface area contributed by atoms with Gasteiger partial charge >= 0.3 is 12.1 Å². The molecule has 1 aromatic heterocycles. The van der Waals surface area contributed by atoms with Crippen LogP contribution in [-0.4, -0.2) is 45.7 Å². The molecule has 0 bridgehead atoms. The summed E-state index contributed by atoms with van der Waals surface area (Å²) in [5, 5.41) is 13.9. The topological polar surface area (TPSA) is 86.3 Å². The van der Waals surface area contributed by atoms with Gasteiger partial charge in [-0.05, 0) is 0 Å². The number of alkyl halides is 3. The summed E-state index contributed by atoms with van der Waals surface area (Å²) in [6.45, 7) is 1.15. The van der Waals surface area contributed by atoms with E-state index in [0.29, 0.717) is 6.20 Å². The Morgan fingerprint density at radius 2 is 2.11 bits per heavy atom. The minimum Gasteiger partial charge on any atom is -0.481 e. The molecule has 0 spiro atoms. The third-order valence-electron chi connectivity index (χ3n) is 2.47. The van der Waals surface area contributed by atoms with Gasteiger partial charge in [-0.2, -0.15) is 18.3 Å². The highest BCUT2D eigenvalue weighted by Gasteiger charge is 2.38. The Kier molecular flexibility index (Phi) is 4.17. The number of rotatable bonds is 4. The molecule has 0 saturated heterocycles. The van der Waals surface area contributed by atoms with Crippen molar-refractivity contribution in [1.29, 1.82) is 0 Å². The van der Waals surface area contributed by atoms with Crippen LogP contribution in [0.5, 0.6) is 0 Å². The molecule has 1 heterocycles. The summed E-state index contributed by atoms with van der Waals surface area (Å²) in [5.74, 6) is -2.98. The lowest BCUT2D eigenvalue weighted by molar-refractivity contribution is -0.141. The van der Waals surface area contributed by atoms with Crippen LogP contribution in [0, 0.1) is 5.92 Å². The highest BCUT2D eigenvalue weighted by Crippen LogP contribution is 2.31. The van der Waals surface area contributed by atoms with Crippen molar-refractivity contribution in [1.82, 2.24) is 15.1 Å². The molecule has 2 N–H and O–H groups in total. The fourth-order valence-electron chi connectivity index (χ4n) is 1.43. The van der Waals surface area contributed by atoms with E-state index in [0.717, 1.165) is 4.90 Å². The van der Waals surface area contributed by atoms with E-state index < -0.39 is 35.2 Å². The first kappa shape index (κ1) is 15.0. The number of aromatic amines is 1. The van der Waals surface area contributed by atoms with Crippen LogP contribution in [0.2, 0.25) is 0 Å². The van der Waals surface area contributed by atoms with Crippen molar-refractivity contribution in [3.8, 4) is 0 Å². The predicted molar refractivity (Wildman–Crippen MR) is 57.4 cm³/mol. The van der Waals surface area contributed by atoms with Crippen molar-refractivity contribution in [2.45, 2.75) is 13.1 Å². The van der Waals surface area contributed by atoms with Gasteiger partial charge in [0.05, 0.1) is 12.1 Å². The van der Waals surface area contributed by atoms with Crippen LogP contribution in [0.15, 0.2) is 6.20 Å². The Morgan fingerprint density at radius 1 is 1.53 bits per heavy atom. The van der Waals surface area contributed by atoms with E-state index >= 15 is 0 Å². The van der Waals surface area contributed by atoms with Crippen molar-refractivity contribution in [3.05, 3.63) is 17.5 Å². The molecule has 9 heteroatoms. The molecule has 1 aromatic rings. The molecule has 0 saturated carbocycles. The van der Waals surface area contributed by atoms with Crippen molar-refractivity contribution < 1.29 is 27.9 Å². The molecule has 0 aliphatic rings. The normalized spacial score (nSPS) is 13.1. The summed E-state index contributed by atoms with van der Waals surface area (Å²) < 4.78 is 37.7. The first-order valence-electron chi connectivity index (χ1n) is 5.23. The number of hydrogen-bond acceptors (Lipinski definition) is 3. The van der Waals surface area contributed by atoms with Gasteiger partial charge in [-0.15, -0.1) is 0 Å². The summed E-state index contributed by atoms with van der Waals surface area (Å²) in [6, 6.07) is 0. The standard InChI is InChI=1S/C10H12F3N3O3/c1-5(9(18)19)4-16(2)8(17)7-6(3-14-15-7)10(11,12)13/h3,5H,4H2,1-2H3,(H,14,15)(H,18,19). The van der Waals surface area contributed by atoms with Gasteiger partial charge in [-0.25, -0.2) is 0 Å². The van der Waals surface area contributed by atoms with Crippen molar-refractivity contribution in [2.75, 3.05) is 13.6 Å². The quantitative estimate of drug-likeness (QED) is 0.867. The number of aromatic nitrogens is 2. The number of hydrogen-bond donors (Lipinski definition) is 2. The van der Waals surface area contributed by atoms with Gasteiger partial charge in [0.1, 0.15) is 11.3 Å². The highest BCUT2D eigenvalue weighted by atomic mass is 19.4. The van der Waals surface area contributed by atoms with Gasteiger partial charge in [0.15, 0.2) is 0 Å². The first-order valence-corrected chi connectivity index (χ1v) is 5.23. The van der Waals surface area contributed by atoms with Crippen LogP contribution in [0.1, 0.15) is 23.0 Å². The van der Waals surface area contributed by atoms with E-state index in [9.17, 15) is 22.8 Å². The molecular formula is C10H12F3N3O3. The molecule has 0 aliphatic heterocycles. The van der Waals surface area contributed by atoms with Crippen molar-refractivity contribution >= 4 is 11.9 Å². The van der Waals surface area contributed by atoms with Crippen molar-refractivity contribution in [3.63, 3.8) is 0 Å². The molecule has 1 rings (SSSR count). The number of carboxylic acids is 1. The molecule has 1 unspecified atom stereocenters. The van der Waals surface area contributed by atoms with Crippen LogP contribution in [0.25, 0.3) is 0 Å². The van der Waals surface area contributed by atoms with Gasteiger partial charge in [0.25, 0.3) is 5.91 Å². The number of amides is 1. The van der Waals surface area contributed by atoms with E-state index in [-0.39, 0.29) is 6.54 Å². The van der Waals surface area contributed by atoms with Crippen LogP contribution in [0.3, 0.4) is 0 Å². The van der Waals surface area contributed by atoms with Gasteiger partial charge < -0.3 is 10.0 Å². The number of aliphatic carboxylic acids is 1. The number of halogens is 3. The Morgan fingerprint density at radius 3 is 2.58 bits per heavy atom. The summed E-state index contributed by atoms with van der Waals surface area (Å²) >= 11 is 0. The molecule has 106 valence electrons. The maximum Gasteiger partial charge on any atom is 0.420 e. The molecule has 0 aliphatic carbocycles. The lowest BCUT2D eigenvalue weighted by atomic mass is 10.1. The average molecular weight is 279 g/mol. The minimum absolute atomic E-state index is 0.204. The molecule has 1 amide bonds. The van der Waals surface area contributed by atoms with E-state index in [1.165, 1.54) is 14.0 Å². The Bertz CT molecular complexity index is 484. The molecule has 0 radical (unpaired) electrons. The van der Waals surface area contributed by atoms with Gasteiger partial charge in [0.2, 0.25) is 0 Å². The fraction of sp³-hybridized carbons (Fsp3) is 0.500. The van der Waals surface area contributed by atoms with Crippen LogP contribution in [0.4, 0.5) is 13.2 Å². The molecular weight excluding hydrogens is 267 g/mol. The minimum atomic E-state index is -4.70. The molecule has 6 nitrogen and oxygen atoms in total. The molecule has 1 atom stereocenters. The lowest BCUT2D eigenvalue weighted by Crippen LogP contribution is -2.34. The third-order valence-corrected chi connectivity index (χ3v) is 2.47. The lowest BCUT2D eigenvalue weighted by Gasteiger charge is -2.19. The third kappa shape index (κ3) is 3.46. The maximum atomic E-state index is 12.6. The Balaban J connectivity index is 2.90. The average Bonchev–Trinajstić information content (AvgIpc) is 2.75. The summed E-state index contributed by atoms with van der Waals surface area (Å²) in [5.41, 5.74) is -1.88. The van der Waals surface area contributed by atoms with E-state index in [2.05, 4.69) is 5.10 Å².